The zero-order chi connectivity index (χ0) is 21.8. The van der Waals surface area contributed by atoms with Crippen LogP contribution in [0, 0.1) is 6.92 Å². The van der Waals surface area contributed by atoms with Crippen LogP contribution < -0.4 is 5.32 Å². The lowest BCUT2D eigenvalue weighted by molar-refractivity contribution is 0.0632. The van der Waals surface area contributed by atoms with Gasteiger partial charge in [0.1, 0.15) is 0 Å². The molecule has 3 aromatic rings. The molecule has 0 saturated carbocycles. The van der Waals surface area contributed by atoms with Gasteiger partial charge in [0.25, 0.3) is 11.8 Å². The van der Waals surface area contributed by atoms with E-state index in [0.717, 1.165) is 25.2 Å². The van der Waals surface area contributed by atoms with E-state index in [-0.39, 0.29) is 11.8 Å². The number of hydrogen-bond acceptors (Lipinski definition) is 5. The lowest BCUT2D eigenvalue weighted by Crippen LogP contribution is -2.48. The van der Waals surface area contributed by atoms with Crippen LogP contribution in [0.4, 0.5) is 5.00 Å². The SMILES string of the molecule is Cc1cc(NC(=O)c2ccccc2Cl)sc1C(=O)N1CCN(Cc2cccnc2)CC1. The van der Waals surface area contributed by atoms with E-state index in [4.69, 9.17) is 11.6 Å². The zero-order valence-corrected chi connectivity index (χ0v) is 18.7. The second-order valence-corrected chi connectivity index (χ2v) is 8.95. The van der Waals surface area contributed by atoms with Gasteiger partial charge < -0.3 is 10.2 Å². The molecule has 1 aromatic carbocycles. The first kappa shape index (κ1) is 21.5. The van der Waals surface area contributed by atoms with Gasteiger partial charge in [-0.1, -0.05) is 29.8 Å². The predicted molar refractivity (Wildman–Crippen MR) is 124 cm³/mol. The number of amides is 2. The lowest BCUT2D eigenvalue weighted by Gasteiger charge is -2.34. The lowest BCUT2D eigenvalue weighted by atomic mass is 10.2. The molecule has 0 atom stereocenters. The fourth-order valence-electron chi connectivity index (χ4n) is 3.58. The van der Waals surface area contributed by atoms with Gasteiger partial charge in [0.2, 0.25) is 0 Å². The zero-order valence-electron chi connectivity index (χ0n) is 17.2. The van der Waals surface area contributed by atoms with Crippen LogP contribution in [0.3, 0.4) is 0 Å². The summed E-state index contributed by atoms with van der Waals surface area (Å²) in [5.74, 6) is -0.267. The standard InChI is InChI=1S/C23H23ClN4O2S/c1-16-13-20(26-22(29)18-6-2-3-7-19(18)24)31-21(16)23(30)28-11-9-27(10-12-28)15-17-5-4-8-25-14-17/h2-8,13-14H,9-12,15H2,1H3,(H,26,29). The summed E-state index contributed by atoms with van der Waals surface area (Å²) >= 11 is 7.42. The van der Waals surface area contributed by atoms with Gasteiger partial charge >= 0.3 is 0 Å². The van der Waals surface area contributed by atoms with Crippen LogP contribution in [0.25, 0.3) is 0 Å². The number of thiophene rings is 1. The van der Waals surface area contributed by atoms with Gasteiger partial charge in [-0.15, -0.1) is 11.3 Å². The minimum Gasteiger partial charge on any atom is -0.335 e. The molecule has 1 aliphatic heterocycles. The molecule has 31 heavy (non-hydrogen) atoms. The van der Waals surface area contributed by atoms with E-state index in [1.54, 1.807) is 30.5 Å². The molecule has 4 rings (SSSR count). The van der Waals surface area contributed by atoms with E-state index in [0.29, 0.717) is 33.6 Å². The normalized spacial score (nSPS) is 14.5. The summed E-state index contributed by atoms with van der Waals surface area (Å²) in [6, 6.07) is 12.7. The number of pyridine rings is 1. The molecule has 0 unspecified atom stereocenters. The fraction of sp³-hybridized carbons (Fsp3) is 0.261. The smallest absolute Gasteiger partial charge is 0.264 e. The Balaban J connectivity index is 1.37. The average molecular weight is 455 g/mol. The van der Waals surface area contributed by atoms with Gasteiger partial charge in [-0.3, -0.25) is 19.5 Å². The Labute approximate surface area is 190 Å². The summed E-state index contributed by atoms with van der Waals surface area (Å²) in [5.41, 5.74) is 2.45. The second kappa shape index (κ2) is 9.60. The Morgan fingerprint density at radius 1 is 1.13 bits per heavy atom. The van der Waals surface area contributed by atoms with E-state index < -0.39 is 0 Å². The van der Waals surface area contributed by atoms with Crippen molar-refractivity contribution >= 4 is 39.8 Å². The number of rotatable bonds is 5. The molecule has 2 aromatic heterocycles. The maximum Gasteiger partial charge on any atom is 0.264 e. The Morgan fingerprint density at radius 3 is 2.61 bits per heavy atom. The Morgan fingerprint density at radius 2 is 1.90 bits per heavy atom. The van der Waals surface area contributed by atoms with E-state index >= 15 is 0 Å². The van der Waals surface area contributed by atoms with Gasteiger partial charge in [-0.05, 0) is 42.3 Å². The van der Waals surface area contributed by atoms with Gasteiger partial charge in [0.05, 0.1) is 20.5 Å². The number of nitrogens with one attached hydrogen (secondary N) is 1. The molecular weight excluding hydrogens is 432 g/mol. The number of anilines is 1. The van der Waals surface area contributed by atoms with Crippen LogP contribution in [0.1, 0.15) is 31.2 Å². The average Bonchev–Trinajstić information content (AvgIpc) is 3.14. The number of nitrogens with zero attached hydrogens (tertiary/aromatic N) is 3. The Hall–Kier alpha value is -2.74. The first-order chi connectivity index (χ1) is 15.0. The van der Waals surface area contributed by atoms with Crippen LogP contribution in [0.2, 0.25) is 5.02 Å². The van der Waals surface area contributed by atoms with Crippen LogP contribution >= 0.6 is 22.9 Å². The number of carbonyl (C=O) groups is 2. The third-order valence-corrected chi connectivity index (χ3v) is 6.73. The monoisotopic (exact) mass is 454 g/mol. The molecule has 0 radical (unpaired) electrons. The number of benzene rings is 1. The van der Waals surface area contributed by atoms with E-state index in [2.05, 4.69) is 21.3 Å². The van der Waals surface area contributed by atoms with Crippen LogP contribution in [-0.2, 0) is 6.54 Å². The van der Waals surface area contributed by atoms with Gasteiger partial charge in [-0.2, -0.15) is 0 Å². The summed E-state index contributed by atoms with van der Waals surface area (Å²) in [6.45, 7) is 5.73. The highest BCUT2D eigenvalue weighted by atomic mass is 35.5. The number of aromatic nitrogens is 1. The second-order valence-electron chi connectivity index (χ2n) is 7.49. The molecule has 160 valence electrons. The molecule has 2 amide bonds. The highest BCUT2D eigenvalue weighted by molar-refractivity contribution is 7.18. The molecule has 1 saturated heterocycles. The van der Waals surface area contributed by atoms with Gasteiger partial charge in [0.15, 0.2) is 0 Å². The van der Waals surface area contributed by atoms with Crippen LogP contribution in [-0.4, -0.2) is 52.8 Å². The van der Waals surface area contributed by atoms with E-state index in [1.165, 1.54) is 16.9 Å². The molecule has 3 heterocycles. The first-order valence-electron chi connectivity index (χ1n) is 10.1. The van der Waals surface area contributed by atoms with Crippen molar-refractivity contribution in [2.24, 2.45) is 0 Å². The predicted octanol–water partition coefficient (Wildman–Crippen LogP) is 4.32. The van der Waals surface area contributed by atoms with Crippen molar-refractivity contribution in [2.45, 2.75) is 13.5 Å². The van der Waals surface area contributed by atoms with Crippen molar-refractivity contribution in [1.29, 1.82) is 0 Å². The third kappa shape index (κ3) is 5.12. The van der Waals surface area contributed by atoms with Crippen molar-refractivity contribution in [3.05, 3.63) is 81.4 Å². The molecule has 0 spiro atoms. The minimum atomic E-state index is -0.283. The molecule has 1 N–H and O–H groups in total. The van der Waals surface area contributed by atoms with Crippen LogP contribution in [0.15, 0.2) is 54.9 Å². The van der Waals surface area contributed by atoms with Crippen molar-refractivity contribution in [3.8, 4) is 0 Å². The summed E-state index contributed by atoms with van der Waals surface area (Å²) in [6.07, 6.45) is 3.65. The molecular formula is C23H23ClN4O2S. The molecule has 1 fully saturated rings. The van der Waals surface area contributed by atoms with Gasteiger partial charge in [0, 0.05) is 45.1 Å². The van der Waals surface area contributed by atoms with E-state index in [9.17, 15) is 9.59 Å². The first-order valence-corrected chi connectivity index (χ1v) is 11.3. The van der Waals surface area contributed by atoms with Crippen LogP contribution in [0.5, 0.6) is 0 Å². The van der Waals surface area contributed by atoms with E-state index in [1.807, 2.05) is 30.2 Å². The molecule has 6 nitrogen and oxygen atoms in total. The molecule has 0 aliphatic carbocycles. The van der Waals surface area contributed by atoms with Crippen molar-refractivity contribution in [1.82, 2.24) is 14.8 Å². The summed E-state index contributed by atoms with van der Waals surface area (Å²) in [4.78, 5) is 34.6. The number of piperazine rings is 1. The minimum absolute atomic E-state index is 0.0155. The third-order valence-electron chi connectivity index (χ3n) is 5.26. The number of halogens is 1. The Bertz CT molecular complexity index is 1080. The topological polar surface area (TPSA) is 65.5 Å². The highest BCUT2D eigenvalue weighted by Gasteiger charge is 2.25. The highest BCUT2D eigenvalue weighted by Crippen LogP contribution is 2.29. The number of hydrogen-bond donors (Lipinski definition) is 1. The number of carbonyl (C=O) groups excluding carboxylic acids is 2. The largest absolute Gasteiger partial charge is 0.335 e. The summed E-state index contributed by atoms with van der Waals surface area (Å²) in [5, 5.41) is 3.90. The quantitative estimate of drug-likeness (QED) is 0.623. The molecule has 0 bridgehead atoms. The van der Waals surface area contributed by atoms with Gasteiger partial charge in [-0.25, -0.2) is 0 Å². The Kier molecular flexibility index (Phi) is 6.65. The summed E-state index contributed by atoms with van der Waals surface area (Å²) < 4.78 is 0. The number of aryl methyl sites for hydroxylation is 1. The van der Waals surface area contributed by atoms with Crippen molar-refractivity contribution in [2.75, 3.05) is 31.5 Å². The fourth-order valence-corrected chi connectivity index (χ4v) is 4.84. The van der Waals surface area contributed by atoms with Crippen molar-refractivity contribution in [3.63, 3.8) is 0 Å². The molecule has 1 aliphatic rings. The summed E-state index contributed by atoms with van der Waals surface area (Å²) in [7, 11) is 0. The maximum atomic E-state index is 13.1. The molecule has 8 heteroatoms. The maximum absolute atomic E-state index is 13.1. The van der Waals surface area contributed by atoms with Crippen molar-refractivity contribution < 1.29 is 9.59 Å².